The number of carbonyl (C=O) groups is 3. The van der Waals surface area contributed by atoms with Crippen LogP contribution in [0.4, 0.5) is 4.79 Å². The second kappa shape index (κ2) is 9.49. The summed E-state index contributed by atoms with van der Waals surface area (Å²) < 4.78 is 5.68. The number of alkyl carbamates (subject to hydrolysis) is 1. The van der Waals surface area contributed by atoms with Crippen LogP contribution >= 0.6 is 0 Å². The molecule has 0 aliphatic heterocycles. The van der Waals surface area contributed by atoms with Crippen molar-refractivity contribution in [1.29, 1.82) is 0 Å². The number of carboxylic acids is 1. The van der Waals surface area contributed by atoms with Gasteiger partial charge < -0.3 is 20.1 Å². The van der Waals surface area contributed by atoms with Gasteiger partial charge in [-0.05, 0) is 55.9 Å². The maximum atomic E-state index is 13.3. The molecule has 0 aromatic heterocycles. The standard InChI is InChI=1S/C27H32N2O5/c1-17(2)29(15-24(30)31)25(32)27(3)14-8-13-23(27)28-26(33)34-16-22-20-11-6-4-9-18(20)19-10-5-7-12-21(19)22/h4-7,9-12,17,22-23H,8,13-16H2,1-3H3,(H,28,33)(H,30,31). The van der Waals surface area contributed by atoms with Gasteiger partial charge in [-0.15, -0.1) is 0 Å². The summed E-state index contributed by atoms with van der Waals surface area (Å²) in [5.74, 6) is -1.34. The summed E-state index contributed by atoms with van der Waals surface area (Å²) >= 11 is 0. The minimum absolute atomic E-state index is 0.0401. The molecule has 2 atom stereocenters. The molecule has 0 heterocycles. The third-order valence-electron chi connectivity index (χ3n) is 7.27. The van der Waals surface area contributed by atoms with Gasteiger partial charge >= 0.3 is 12.1 Å². The van der Waals surface area contributed by atoms with Gasteiger partial charge in [0.05, 0.1) is 5.41 Å². The van der Waals surface area contributed by atoms with Crippen molar-refractivity contribution in [2.75, 3.05) is 13.2 Å². The van der Waals surface area contributed by atoms with E-state index in [1.807, 2.05) is 31.2 Å². The Morgan fingerprint density at radius 3 is 2.24 bits per heavy atom. The SMILES string of the molecule is CC(C)N(CC(=O)O)C(=O)C1(C)CCCC1NC(=O)OCC1c2ccccc2-c2ccccc21. The highest BCUT2D eigenvalue weighted by Gasteiger charge is 2.48. The molecule has 2 unspecified atom stereocenters. The number of hydrogen-bond donors (Lipinski definition) is 2. The summed E-state index contributed by atoms with van der Waals surface area (Å²) in [6.07, 6.45) is 1.45. The van der Waals surface area contributed by atoms with Gasteiger partial charge in [-0.3, -0.25) is 9.59 Å². The van der Waals surface area contributed by atoms with Crippen LogP contribution in [0.1, 0.15) is 57.1 Å². The highest BCUT2D eigenvalue weighted by Crippen LogP contribution is 2.44. The van der Waals surface area contributed by atoms with E-state index in [4.69, 9.17) is 4.74 Å². The lowest BCUT2D eigenvalue weighted by atomic mass is 9.82. The number of nitrogens with one attached hydrogen (secondary N) is 1. The van der Waals surface area contributed by atoms with E-state index in [0.717, 1.165) is 28.7 Å². The highest BCUT2D eigenvalue weighted by atomic mass is 16.5. The fraction of sp³-hybridized carbons (Fsp3) is 0.444. The lowest BCUT2D eigenvalue weighted by Gasteiger charge is -2.37. The van der Waals surface area contributed by atoms with Crippen molar-refractivity contribution < 1.29 is 24.2 Å². The summed E-state index contributed by atoms with van der Waals surface area (Å²) in [5.41, 5.74) is 3.73. The fourth-order valence-corrected chi connectivity index (χ4v) is 5.40. The second-order valence-corrected chi connectivity index (χ2v) is 9.75. The molecule has 4 rings (SSSR count). The molecule has 7 nitrogen and oxygen atoms in total. The van der Waals surface area contributed by atoms with Crippen LogP contribution in [0.3, 0.4) is 0 Å². The van der Waals surface area contributed by atoms with Crippen molar-refractivity contribution in [3.63, 3.8) is 0 Å². The predicted molar refractivity (Wildman–Crippen MR) is 128 cm³/mol. The summed E-state index contributed by atoms with van der Waals surface area (Å²) in [4.78, 5) is 38.8. The number of amides is 2. The van der Waals surface area contributed by atoms with Crippen LogP contribution in [-0.2, 0) is 14.3 Å². The molecule has 2 aliphatic carbocycles. The molecule has 2 aliphatic rings. The molecule has 0 radical (unpaired) electrons. The van der Waals surface area contributed by atoms with E-state index < -0.39 is 23.5 Å². The Morgan fingerprint density at radius 2 is 1.68 bits per heavy atom. The number of fused-ring (bicyclic) bond motifs is 3. The van der Waals surface area contributed by atoms with Gasteiger partial charge in [0.15, 0.2) is 0 Å². The molecule has 180 valence electrons. The number of hydrogen-bond acceptors (Lipinski definition) is 4. The van der Waals surface area contributed by atoms with Crippen LogP contribution in [0.15, 0.2) is 48.5 Å². The molecular formula is C27H32N2O5. The lowest BCUT2D eigenvalue weighted by molar-refractivity contribution is -0.151. The highest BCUT2D eigenvalue weighted by molar-refractivity contribution is 5.87. The Hall–Kier alpha value is -3.35. The number of nitrogens with zero attached hydrogens (tertiary/aromatic N) is 1. The Balaban J connectivity index is 1.44. The predicted octanol–water partition coefficient (Wildman–Crippen LogP) is 4.41. The average Bonchev–Trinajstić information content (AvgIpc) is 3.34. The van der Waals surface area contributed by atoms with Gasteiger partial charge in [-0.25, -0.2) is 4.79 Å². The van der Waals surface area contributed by atoms with Crippen molar-refractivity contribution in [1.82, 2.24) is 10.2 Å². The van der Waals surface area contributed by atoms with E-state index in [9.17, 15) is 19.5 Å². The van der Waals surface area contributed by atoms with E-state index >= 15 is 0 Å². The fourth-order valence-electron chi connectivity index (χ4n) is 5.40. The van der Waals surface area contributed by atoms with Gasteiger partial charge in [0.1, 0.15) is 13.2 Å². The van der Waals surface area contributed by atoms with Crippen LogP contribution in [0.2, 0.25) is 0 Å². The Morgan fingerprint density at radius 1 is 1.09 bits per heavy atom. The quantitative estimate of drug-likeness (QED) is 0.633. The van der Waals surface area contributed by atoms with Crippen LogP contribution in [0.5, 0.6) is 0 Å². The Bertz CT molecular complexity index is 1050. The van der Waals surface area contributed by atoms with Crippen LogP contribution in [-0.4, -0.2) is 53.2 Å². The molecule has 2 aromatic rings. The lowest BCUT2D eigenvalue weighted by Crippen LogP contribution is -2.55. The van der Waals surface area contributed by atoms with Gasteiger partial charge in [0.25, 0.3) is 0 Å². The summed E-state index contributed by atoms with van der Waals surface area (Å²) in [7, 11) is 0. The molecule has 2 amide bonds. The largest absolute Gasteiger partial charge is 0.480 e. The van der Waals surface area contributed by atoms with Crippen LogP contribution in [0.25, 0.3) is 11.1 Å². The molecular weight excluding hydrogens is 432 g/mol. The minimum atomic E-state index is -1.05. The first-order valence-corrected chi connectivity index (χ1v) is 11.9. The average molecular weight is 465 g/mol. The number of carbonyl (C=O) groups excluding carboxylic acids is 2. The maximum absolute atomic E-state index is 13.3. The normalized spacial score (nSPS) is 21.1. The number of ether oxygens (including phenoxy) is 1. The second-order valence-electron chi connectivity index (χ2n) is 9.75. The van der Waals surface area contributed by atoms with Crippen molar-refractivity contribution in [3.05, 3.63) is 59.7 Å². The molecule has 7 heteroatoms. The van der Waals surface area contributed by atoms with E-state index in [0.29, 0.717) is 12.8 Å². The molecule has 0 bridgehead atoms. The first-order chi connectivity index (χ1) is 16.2. The Kier molecular flexibility index (Phi) is 6.64. The van der Waals surface area contributed by atoms with Crippen LogP contribution in [0, 0.1) is 5.41 Å². The molecule has 1 saturated carbocycles. The van der Waals surface area contributed by atoms with E-state index in [-0.39, 0.29) is 31.0 Å². The first kappa shape index (κ1) is 23.8. The van der Waals surface area contributed by atoms with Gasteiger partial charge in [0.2, 0.25) is 5.91 Å². The topological polar surface area (TPSA) is 95.9 Å². The van der Waals surface area contributed by atoms with E-state index in [1.165, 1.54) is 4.90 Å². The first-order valence-electron chi connectivity index (χ1n) is 11.9. The zero-order valence-electron chi connectivity index (χ0n) is 19.9. The maximum Gasteiger partial charge on any atom is 0.407 e. The molecule has 34 heavy (non-hydrogen) atoms. The monoisotopic (exact) mass is 464 g/mol. The van der Waals surface area contributed by atoms with Gasteiger partial charge in [-0.2, -0.15) is 0 Å². The van der Waals surface area contributed by atoms with Crippen molar-refractivity contribution in [3.8, 4) is 11.1 Å². The zero-order valence-corrected chi connectivity index (χ0v) is 19.9. The van der Waals surface area contributed by atoms with Crippen molar-refractivity contribution >= 4 is 18.0 Å². The van der Waals surface area contributed by atoms with E-state index in [2.05, 4.69) is 29.6 Å². The molecule has 0 spiro atoms. The third-order valence-corrected chi connectivity index (χ3v) is 7.27. The van der Waals surface area contributed by atoms with Gasteiger partial charge in [0, 0.05) is 18.0 Å². The van der Waals surface area contributed by atoms with E-state index in [1.54, 1.807) is 13.8 Å². The summed E-state index contributed by atoms with van der Waals surface area (Å²) in [6, 6.07) is 15.6. The third kappa shape index (κ3) is 4.39. The minimum Gasteiger partial charge on any atom is -0.480 e. The van der Waals surface area contributed by atoms with Crippen molar-refractivity contribution in [2.45, 2.75) is 58.0 Å². The molecule has 1 fully saturated rings. The number of rotatable bonds is 7. The Labute approximate surface area is 200 Å². The van der Waals surface area contributed by atoms with Crippen LogP contribution < -0.4 is 5.32 Å². The van der Waals surface area contributed by atoms with Crippen molar-refractivity contribution in [2.24, 2.45) is 5.41 Å². The summed E-state index contributed by atoms with van der Waals surface area (Å²) in [6.45, 7) is 5.26. The summed E-state index contributed by atoms with van der Waals surface area (Å²) in [5, 5.41) is 12.2. The number of aliphatic carboxylic acids is 1. The molecule has 2 aromatic carbocycles. The zero-order chi connectivity index (χ0) is 24.5. The molecule has 2 N–H and O–H groups in total. The molecule has 0 saturated heterocycles. The van der Waals surface area contributed by atoms with Gasteiger partial charge in [-0.1, -0.05) is 55.0 Å². The smallest absolute Gasteiger partial charge is 0.407 e. The number of carboxylic acid groups (broad SMARTS) is 1. The number of benzene rings is 2.